The van der Waals surface area contributed by atoms with Crippen molar-refractivity contribution in [2.24, 2.45) is 5.73 Å². The predicted octanol–water partition coefficient (Wildman–Crippen LogP) is 2.38. The average molecular weight is 211 g/mol. The first-order valence-electron chi connectivity index (χ1n) is 5.19. The zero-order valence-electron chi connectivity index (χ0n) is 8.89. The van der Waals surface area contributed by atoms with Gasteiger partial charge in [-0.25, -0.2) is 0 Å². The quantitative estimate of drug-likeness (QED) is 0.832. The van der Waals surface area contributed by atoms with Crippen molar-refractivity contribution in [3.8, 4) is 0 Å². The molecule has 0 aliphatic rings. The zero-order chi connectivity index (χ0) is 11.4. The number of primary amides is 1. The van der Waals surface area contributed by atoms with E-state index < -0.39 is 0 Å². The summed E-state index contributed by atoms with van der Waals surface area (Å²) in [5, 5.41) is 0. The minimum absolute atomic E-state index is 0.369. The number of benzene rings is 2. The third kappa shape index (κ3) is 2.28. The number of hydrogen-bond donors (Lipinski definition) is 1. The molecule has 0 radical (unpaired) electrons. The van der Waals surface area contributed by atoms with Crippen LogP contribution < -0.4 is 5.73 Å². The molecule has 0 fully saturated rings. The second-order valence-corrected chi connectivity index (χ2v) is 3.68. The summed E-state index contributed by atoms with van der Waals surface area (Å²) >= 11 is 0. The lowest BCUT2D eigenvalue weighted by Crippen LogP contribution is -2.13. The molecule has 0 saturated carbocycles. The van der Waals surface area contributed by atoms with Crippen LogP contribution in [0.5, 0.6) is 0 Å². The van der Waals surface area contributed by atoms with Gasteiger partial charge in [-0.05, 0) is 23.6 Å². The van der Waals surface area contributed by atoms with Gasteiger partial charge < -0.3 is 5.73 Å². The number of amides is 1. The van der Waals surface area contributed by atoms with Gasteiger partial charge in [0.25, 0.3) is 0 Å². The molecule has 0 atom stereocenters. The van der Waals surface area contributed by atoms with Gasteiger partial charge in [0.15, 0.2) is 0 Å². The monoisotopic (exact) mass is 211 g/mol. The van der Waals surface area contributed by atoms with Crippen LogP contribution >= 0.6 is 0 Å². The van der Waals surface area contributed by atoms with E-state index in [1.54, 1.807) is 6.07 Å². The minimum atomic E-state index is -0.369. The maximum atomic E-state index is 11.2. The van der Waals surface area contributed by atoms with Crippen LogP contribution in [0.3, 0.4) is 0 Å². The maximum absolute atomic E-state index is 11.2. The molecule has 0 unspecified atom stereocenters. The van der Waals surface area contributed by atoms with Crippen LogP contribution in [0.4, 0.5) is 0 Å². The van der Waals surface area contributed by atoms with Crippen LogP contribution in [0, 0.1) is 0 Å². The fourth-order valence-electron chi connectivity index (χ4n) is 1.73. The molecule has 0 spiro atoms. The fraction of sp³-hybridized carbons (Fsp3) is 0.0714. The topological polar surface area (TPSA) is 43.1 Å². The van der Waals surface area contributed by atoms with Crippen molar-refractivity contribution < 1.29 is 4.79 Å². The number of rotatable bonds is 3. The molecule has 0 aliphatic carbocycles. The minimum Gasteiger partial charge on any atom is -0.366 e. The first-order chi connectivity index (χ1) is 7.77. The first kappa shape index (κ1) is 10.4. The molecule has 16 heavy (non-hydrogen) atoms. The summed E-state index contributed by atoms with van der Waals surface area (Å²) in [7, 11) is 0. The smallest absolute Gasteiger partial charge is 0.248 e. The maximum Gasteiger partial charge on any atom is 0.248 e. The molecule has 2 aromatic rings. The largest absolute Gasteiger partial charge is 0.366 e. The average Bonchev–Trinajstić information content (AvgIpc) is 2.31. The van der Waals surface area contributed by atoms with Crippen molar-refractivity contribution in [2.75, 3.05) is 0 Å². The van der Waals surface area contributed by atoms with Gasteiger partial charge >= 0.3 is 0 Å². The molecule has 2 heteroatoms. The second kappa shape index (κ2) is 4.62. The Morgan fingerprint density at radius 2 is 1.56 bits per heavy atom. The predicted molar refractivity (Wildman–Crippen MR) is 64.2 cm³/mol. The van der Waals surface area contributed by atoms with Crippen molar-refractivity contribution in [1.82, 2.24) is 0 Å². The molecule has 2 rings (SSSR count). The van der Waals surface area contributed by atoms with Crippen molar-refractivity contribution in [2.45, 2.75) is 6.42 Å². The van der Waals surface area contributed by atoms with Gasteiger partial charge in [0.1, 0.15) is 0 Å². The highest BCUT2D eigenvalue weighted by atomic mass is 16.1. The van der Waals surface area contributed by atoms with Crippen molar-refractivity contribution >= 4 is 5.91 Å². The van der Waals surface area contributed by atoms with E-state index in [-0.39, 0.29) is 5.91 Å². The van der Waals surface area contributed by atoms with Gasteiger partial charge in [-0.1, -0.05) is 48.5 Å². The van der Waals surface area contributed by atoms with Gasteiger partial charge in [0.05, 0.1) is 0 Å². The molecule has 0 aromatic heterocycles. The Morgan fingerprint density at radius 3 is 2.25 bits per heavy atom. The van der Waals surface area contributed by atoms with E-state index in [4.69, 9.17) is 5.73 Å². The normalized spacial score (nSPS) is 10.0. The molecule has 0 aliphatic heterocycles. The van der Waals surface area contributed by atoms with Gasteiger partial charge in [-0.2, -0.15) is 0 Å². The summed E-state index contributed by atoms with van der Waals surface area (Å²) < 4.78 is 0. The van der Waals surface area contributed by atoms with E-state index in [2.05, 4.69) is 0 Å². The summed E-state index contributed by atoms with van der Waals surface area (Å²) in [6.07, 6.45) is 0.736. The third-order valence-electron chi connectivity index (χ3n) is 2.52. The molecular weight excluding hydrogens is 198 g/mol. The molecule has 0 saturated heterocycles. The van der Waals surface area contributed by atoms with Gasteiger partial charge in [0.2, 0.25) is 5.91 Å². The van der Waals surface area contributed by atoms with Gasteiger partial charge in [-0.15, -0.1) is 0 Å². The second-order valence-electron chi connectivity index (χ2n) is 3.68. The number of nitrogens with two attached hydrogens (primary N) is 1. The molecule has 0 bridgehead atoms. The van der Waals surface area contributed by atoms with E-state index in [1.807, 2.05) is 48.5 Å². The van der Waals surface area contributed by atoms with E-state index in [0.717, 1.165) is 12.0 Å². The molecule has 80 valence electrons. The molecular formula is C14H13NO. The third-order valence-corrected chi connectivity index (χ3v) is 2.52. The lowest BCUT2D eigenvalue weighted by atomic mass is 9.99. The zero-order valence-corrected chi connectivity index (χ0v) is 8.89. The Labute approximate surface area is 94.7 Å². The summed E-state index contributed by atoms with van der Waals surface area (Å²) in [5.41, 5.74) is 8.08. The van der Waals surface area contributed by atoms with Crippen LogP contribution in [0.1, 0.15) is 21.5 Å². The molecule has 0 heterocycles. The molecule has 2 aromatic carbocycles. The Morgan fingerprint density at radius 1 is 0.938 bits per heavy atom. The summed E-state index contributed by atoms with van der Waals surface area (Å²) in [6, 6.07) is 17.5. The molecule has 2 N–H and O–H groups in total. The van der Waals surface area contributed by atoms with Crippen LogP contribution in [-0.2, 0) is 6.42 Å². The van der Waals surface area contributed by atoms with E-state index in [1.165, 1.54) is 5.56 Å². The van der Waals surface area contributed by atoms with Crippen LogP contribution in [-0.4, -0.2) is 5.91 Å². The van der Waals surface area contributed by atoms with Crippen molar-refractivity contribution in [3.63, 3.8) is 0 Å². The lowest BCUT2D eigenvalue weighted by Gasteiger charge is -2.06. The summed E-state index contributed by atoms with van der Waals surface area (Å²) in [5.74, 6) is -0.369. The lowest BCUT2D eigenvalue weighted by molar-refractivity contribution is 0.0999. The van der Waals surface area contributed by atoms with Crippen LogP contribution in [0.2, 0.25) is 0 Å². The Hall–Kier alpha value is -2.09. The summed E-state index contributed by atoms with van der Waals surface area (Å²) in [6.45, 7) is 0. The van der Waals surface area contributed by atoms with E-state index in [9.17, 15) is 4.79 Å². The van der Waals surface area contributed by atoms with E-state index >= 15 is 0 Å². The van der Waals surface area contributed by atoms with Crippen LogP contribution in [0.15, 0.2) is 54.6 Å². The van der Waals surface area contributed by atoms with Crippen LogP contribution in [0.25, 0.3) is 0 Å². The Balaban J connectivity index is 2.31. The van der Waals surface area contributed by atoms with Gasteiger partial charge in [-0.3, -0.25) is 4.79 Å². The standard InChI is InChI=1S/C14H13NO/c15-14(16)13-9-5-4-8-12(13)10-11-6-2-1-3-7-11/h1-9H,10H2,(H2,15,16). The van der Waals surface area contributed by atoms with Crippen molar-refractivity contribution in [3.05, 3.63) is 71.3 Å². The highest BCUT2D eigenvalue weighted by molar-refractivity contribution is 5.94. The molecule has 1 amide bonds. The summed E-state index contributed by atoms with van der Waals surface area (Å²) in [4.78, 5) is 11.2. The number of carbonyl (C=O) groups is 1. The highest BCUT2D eigenvalue weighted by Gasteiger charge is 2.06. The first-order valence-corrected chi connectivity index (χ1v) is 5.19. The van der Waals surface area contributed by atoms with Crippen molar-refractivity contribution in [1.29, 1.82) is 0 Å². The SMILES string of the molecule is NC(=O)c1ccccc1Cc1ccccc1. The fourth-order valence-corrected chi connectivity index (χ4v) is 1.73. The number of carbonyl (C=O) groups excluding carboxylic acids is 1. The highest BCUT2D eigenvalue weighted by Crippen LogP contribution is 2.13. The van der Waals surface area contributed by atoms with Gasteiger partial charge in [0, 0.05) is 5.56 Å². The number of hydrogen-bond acceptors (Lipinski definition) is 1. The molecule has 2 nitrogen and oxygen atoms in total. The Bertz CT molecular complexity index is 491. The Kier molecular flexibility index (Phi) is 3.01. The van der Waals surface area contributed by atoms with E-state index in [0.29, 0.717) is 5.56 Å².